The minimum absolute atomic E-state index is 0.0867. The first-order valence-corrected chi connectivity index (χ1v) is 11.8. The van der Waals surface area contributed by atoms with Gasteiger partial charge in [-0.1, -0.05) is 6.07 Å². The Kier molecular flexibility index (Phi) is 5.89. The summed E-state index contributed by atoms with van der Waals surface area (Å²) in [7, 11) is -6.81. The van der Waals surface area contributed by atoms with Crippen molar-refractivity contribution in [3.8, 4) is 5.75 Å². The first-order valence-electron chi connectivity index (χ1n) is 7.89. The van der Waals surface area contributed by atoms with E-state index in [1.807, 2.05) is 0 Å². The van der Waals surface area contributed by atoms with E-state index in [2.05, 4.69) is 4.72 Å². The quantitative estimate of drug-likeness (QED) is 0.572. The van der Waals surface area contributed by atoms with Crippen LogP contribution in [0, 0.1) is 5.82 Å². The summed E-state index contributed by atoms with van der Waals surface area (Å²) in [5, 5.41) is 0.329. The molecular weight excluding hydrogens is 429 g/mol. The van der Waals surface area contributed by atoms with Gasteiger partial charge >= 0.3 is 0 Å². The second-order valence-corrected chi connectivity index (χ2v) is 10.7. The molecule has 3 aromatic rings. The van der Waals surface area contributed by atoms with E-state index < -0.39 is 37.5 Å². The van der Waals surface area contributed by atoms with Crippen LogP contribution in [-0.4, -0.2) is 30.5 Å². The Morgan fingerprint density at radius 1 is 1.18 bits per heavy atom. The van der Waals surface area contributed by atoms with E-state index in [1.54, 1.807) is 11.4 Å². The number of rotatable bonds is 8. The Morgan fingerprint density at radius 3 is 2.54 bits per heavy atom. The topological polar surface area (TPSA) is 103 Å². The molecule has 0 saturated heterocycles. The fourth-order valence-electron chi connectivity index (χ4n) is 2.49. The van der Waals surface area contributed by atoms with Crippen LogP contribution >= 0.6 is 11.3 Å². The molecule has 3 rings (SSSR count). The number of thiophene rings is 1. The highest BCUT2D eigenvalue weighted by molar-refractivity contribution is 7.93. The summed E-state index contributed by atoms with van der Waals surface area (Å²) in [6.07, 6.45) is 1.31. The van der Waals surface area contributed by atoms with E-state index in [-0.39, 0.29) is 20.6 Å². The minimum atomic E-state index is -4.17. The van der Waals surface area contributed by atoms with Crippen LogP contribution in [0.2, 0.25) is 0 Å². The summed E-state index contributed by atoms with van der Waals surface area (Å²) in [6.45, 7) is -0.482. The van der Waals surface area contributed by atoms with Gasteiger partial charge in [-0.15, -0.1) is 11.3 Å². The van der Waals surface area contributed by atoms with Gasteiger partial charge in [0.25, 0.3) is 0 Å². The standard InChI is InChI=1S/C17H16FNO6S3/c1-24-14-7-6-12(10-13(14)18)28(22,23)19-11-16(15-4-2-8-25-15)27(20,21)17-5-3-9-26-17/h2-10,16,19H,11H2,1H3/t16-/m1/s1. The molecule has 11 heteroatoms. The molecule has 7 nitrogen and oxygen atoms in total. The number of ether oxygens (including phenoxy) is 1. The van der Waals surface area contributed by atoms with Gasteiger partial charge in [-0.2, -0.15) is 0 Å². The van der Waals surface area contributed by atoms with E-state index in [0.29, 0.717) is 0 Å². The fraction of sp³-hybridized carbons (Fsp3) is 0.176. The lowest BCUT2D eigenvalue weighted by atomic mass is 10.3. The van der Waals surface area contributed by atoms with Crippen LogP contribution < -0.4 is 9.46 Å². The number of methoxy groups -OCH3 is 1. The smallest absolute Gasteiger partial charge is 0.240 e. The Morgan fingerprint density at radius 2 is 1.96 bits per heavy atom. The highest BCUT2D eigenvalue weighted by Gasteiger charge is 2.33. The van der Waals surface area contributed by atoms with Gasteiger partial charge < -0.3 is 9.15 Å². The predicted molar refractivity (Wildman–Crippen MR) is 101 cm³/mol. The predicted octanol–water partition coefficient (Wildman–Crippen LogP) is 2.98. The lowest BCUT2D eigenvalue weighted by Gasteiger charge is -2.16. The summed E-state index contributed by atoms with van der Waals surface area (Å²) in [4.78, 5) is -0.350. The van der Waals surface area contributed by atoms with Crippen molar-refractivity contribution >= 4 is 31.2 Å². The van der Waals surface area contributed by atoms with Crippen molar-refractivity contribution < 1.29 is 30.4 Å². The minimum Gasteiger partial charge on any atom is -0.494 e. The molecule has 0 fully saturated rings. The average molecular weight is 446 g/mol. The molecule has 2 heterocycles. The third kappa shape index (κ3) is 4.12. The maximum Gasteiger partial charge on any atom is 0.240 e. The molecule has 0 aliphatic rings. The number of sulfone groups is 1. The number of halogens is 1. The van der Waals surface area contributed by atoms with Crippen LogP contribution in [-0.2, 0) is 19.9 Å². The van der Waals surface area contributed by atoms with Gasteiger partial charge in [0.2, 0.25) is 10.0 Å². The van der Waals surface area contributed by atoms with Gasteiger partial charge in [0.05, 0.1) is 18.3 Å². The first-order chi connectivity index (χ1) is 13.3. The van der Waals surface area contributed by atoms with Crippen molar-refractivity contribution in [1.82, 2.24) is 4.72 Å². The monoisotopic (exact) mass is 445 g/mol. The largest absolute Gasteiger partial charge is 0.494 e. The molecular formula is C17H16FNO6S3. The van der Waals surface area contributed by atoms with Crippen molar-refractivity contribution in [2.24, 2.45) is 0 Å². The second kappa shape index (κ2) is 8.03. The van der Waals surface area contributed by atoms with Gasteiger partial charge in [-0.3, -0.25) is 0 Å². The Labute approximate surface area is 165 Å². The Balaban J connectivity index is 1.89. The lowest BCUT2D eigenvalue weighted by Crippen LogP contribution is -2.31. The maximum atomic E-state index is 13.9. The Hall–Kier alpha value is -2.21. The van der Waals surface area contributed by atoms with Gasteiger partial charge in [0.1, 0.15) is 15.2 Å². The molecule has 0 aliphatic carbocycles. The molecule has 1 aromatic carbocycles. The van der Waals surface area contributed by atoms with Crippen LogP contribution in [0.1, 0.15) is 11.0 Å². The van der Waals surface area contributed by atoms with E-state index in [1.165, 1.54) is 43.7 Å². The molecule has 28 heavy (non-hydrogen) atoms. The van der Waals surface area contributed by atoms with Crippen LogP contribution in [0.15, 0.2) is 67.6 Å². The van der Waals surface area contributed by atoms with Crippen molar-refractivity contribution in [2.45, 2.75) is 14.4 Å². The van der Waals surface area contributed by atoms with E-state index >= 15 is 0 Å². The summed E-state index contributed by atoms with van der Waals surface area (Å²) >= 11 is 1.02. The lowest BCUT2D eigenvalue weighted by molar-refractivity contribution is 0.385. The number of hydrogen-bond donors (Lipinski definition) is 1. The van der Waals surface area contributed by atoms with Gasteiger partial charge in [-0.05, 0) is 41.8 Å². The van der Waals surface area contributed by atoms with Crippen LogP contribution in [0.3, 0.4) is 0 Å². The highest BCUT2D eigenvalue weighted by Crippen LogP contribution is 2.32. The third-order valence-electron chi connectivity index (χ3n) is 3.90. The Bertz CT molecular complexity index is 1140. The van der Waals surface area contributed by atoms with E-state index in [9.17, 15) is 21.2 Å². The number of benzene rings is 1. The summed E-state index contributed by atoms with van der Waals surface area (Å²) in [5.41, 5.74) is 0. The zero-order valence-corrected chi connectivity index (χ0v) is 17.0. The molecule has 150 valence electrons. The summed E-state index contributed by atoms with van der Waals surface area (Å²) < 4.78 is 77.0. The van der Waals surface area contributed by atoms with E-state index in [0.717, 1.165) is 17.4 Å². The van der Waals surface area contributed by atoms with Crippen LogP contribution in [0.4, 0.5) is 4.39 Å². The normalized spacial score (nSPS) is 13.4. The molecule has 1 N–H and O–H groups in total. The average Bonchev–Trinajstić information content (AvgIpc) is 3.36. The highest BCUT2D eigenvalue weighted by atomic mass is 32.2. The van der Waals surface area contributed by atoms with Crippen LogP contribution in [0.5, 0.6) is 5.75 Å². The number of sulfonamides is 1. The SMILES string of the molecule is COc1ccc(S(=O)(=O)NC[C@H](c2ccco2)S(=O)(=O)c2cccs2)cc1F. The zero-order chi connectivity index (χ0) is 20.4. The number of nitrogens with one attached hydrogen (secondary N) is 1. The fourth-order valence-corrected chi connectivity index (χ4v) is 6.44. The molecule has 0 unspecified atom stereocenters. The van der Waals surface area contributed by atoms with Gasteiger partial charge in [0.15, 0.2) is 21.4 Å². The molecule has 1 atom stereocenters. The first kappa shape index (κ1) is 20.5. The maximum absolute atomic E-state index is 13.9. The third-order valence-corrected chi connectivity index (χ3v) is 8.82. The van der Waals surface area contributed by atoms with Gasteiger partial charge in [-0.25, -0.2) is 25.9 Å². The molecule has 0 bridgehead atoms. The zero-order valence-electron chi connectivity index (χ0n) is 14.5. The van der Waals surface area contributed by atoms with Crippen molar-refractivity contribution in [3.05, 3.63) is 65.7 Å². The molecule has 0 aliphatic heterocycles. The van der Waals surface area contributed by atoms with Crippen molar-refractivity contribution in [3.63, 3.8) is 0 Å². The molecule has 2 aromatic heterocycles. The molecule has 0 radical (unpaired) electrons. The van der Waals surface area contributed by atoms with Crippen molar-refractivity contribution in [2.75, 3.05) is 13.7 Å². The number of hydrogen-bond acceptors (Lipinski definition) is 7. The van der Waals surface area contributed by atoms with E-state index in [4.69, 9.17) is 9.15 Å². The number of furan rings is 1. The molecule has 0 amide bonds. The summed E-state index contributed by atoms with van der Waals surface area (Å²) in [6, 6.07) is 9.13. The second-order valence-electron chi connectivity index (χ2n) is 5.63. The van der Waals surface area contributed by atoms with Gasteiger partial charge in [0, 0.05) is 6.54 Å². The molecule has 0 spiro atoms. The van der Waals surface area contributed by atoms with Crippen LogP contribution in [0.25, 0.3) is 0 Å². The summed E-state index contributed by atoms with van der Waals surface area (Å²) in [5.74, 6) is -0.858. The molecule has 0 saturated carbocycles. The van der Waals surface area contributed by atoms with Crippen molar-refractivity contribution in [1.29, 1.82) is 0 Å².